The molecule has 0 heterocycles. The highest BCUT2D eigenvalue weighted by Crippen LogP contribution is 2.32. The third-order valence-electron chi connectivity index (χ3n) is 6.83. The second-order valence-corrected chi connectivity index (χ2v) is 10.7. The van der Waals surface area contributed by atoms with Gasteiger partial charge in [-0.1, -0.05) is 102 Å². The van der Waals surface area contributed by atoms with Crippen LogP contribution in [-0.4, -0.2) is 28.6 Å². The Bertz CT molecular complexity index is 1460. The quantitative estimate of drug-likeness (QED) is 0.171. The maximum absolute atomic E-state index is 11.5. The largest absolute Gasteiger partial charge is 0.489 e. The van der Waals surface area contributed by atoms with Crippen LogP contribution in [0.4, 0.5) is 0 Å². The molecule has 0 saturated carbocycles. The molecule has 4 aromatic rings. The van der Waals surface area contributed by atoms with E-state index < -0.39 is 12.0 Å². The molecule has 0 saturated heterocycles. The third-order valence-corrected chi connectivity index (χ3v) is 7.12. The van der Waals surface area contributed by atoms with Crippen LogP contribution in [0.2, 0.25) is 5.02 Å². The Kier molecular flexibility index (Phi) is 10.8. The average Bonchev–Trinajstić information content (AvgIpc) is 2.95. The van der Waals surface area contributed by atoms with Crippen LogP contribution in [0.15, 0.2) is 91.0 Å². The number of hydrogen-bond acceptors (Lipinski definition) is 5. The van der Waals surface area contributed by atoms with E-state index in [1.165, 1.54) is 5.56 Å². The molecule has 41 heavy (non-hydrogen) atoms. The van der Waals surface area contributed by atoms with E-state index in [2.05, 4.69) is 30.0 Å². The van der Waals surface area contributed by atoms with Crippen molar-refractivity contribution in [2.24, 2.45) is 5.73 Å². The summed E-state index contributed by atoms with van der Waals surface area (Å²) in [5.74, 6) is 0.382. The van der Waals surface area contributed by atoms with E-state index in [1.54, 1.807) is 0 Å². The summed E-state index contributed by atoms with van der Waals surface area (Å²) >= 11 is 6.61. The van der Waals surface area contributed by atoms with Gasteiger partial charge in [0.2, 0.25) is 0 Å². The van der Waals surface area contributed by atoms with Crippen LogP contribution in [0.1, 0.15) is 39.8 Å². The minimum atomic E-state index is -1.02. The van der Waals surface area contributed by atoms with Gasteiger partial charge in [-0.25, -0.2) is 0 Å². The molecule has 0 fully saturated rings. The lowest BCUT2D eigenvalue weighted by atomic mass is 10.1. The Morgan fingerprint density at radius 3 is 2.07 bits per heavy atom. The normalized spacial score (nSPS) is 11.8. The number of hydrogen-bond donors (Lipinski definition) is 2. The maximum atomic E-state index is 11.5. The molecule has 0 aromatic heterocycles. The number of ether oxygens (including phenoxy) is 2. The number of halogens is 1. The van der Waals surface area contributed by atoms with Gasteiger partial charge in [0.15, 0.2) is 0 Å². The van der Waals surface area contributed by atoms with E-state index in [4.69, 9.17) is 26.8 Å². The number of aryl methyl sites for hydroxylation is 2. The molecule has 0 aliphatic rings. The predicted octanol–water partition coefficient (Wildman–Crippen LogP) is 6.92. The first-order chi connectivity index (χ1) is 19.8. The van der Waals surface area contributed by atoms with Crippen LogP contribution < -0.4 is 15.2 Å². The molecule has 0 aliphatic heterocycles. The van der Waals surface area contributed by atoms with Crippen molar-refractivity contribution in [1.29, 1.82) is 0 Å². The van der Waals surface area contributed by atoms with Gasteiger partial charge in [-0.2, -0.15) is 0 Å². The predicted molar refractivity (Wildman–Crippen MR) is 163 cm³/mol. The summed E-state index contributed by atoms with van der Waals surface area (Å²) in [6.45, 7) is 6.43. The van der Waals surface area contributed by atoms with Crippen molar-refractivity contribution in [2.45, 2.75) is 52.6 Å². The summed E-state index contributed by atoms with van der Waals surface area (Å²) in [4.78, 5) is 13.6. The van der Waals surface area contributed by atoms with Gasteiger partial charge in [0.05, 0.1) is 5.02 Å². The van der Waals surface area contributed by atoms with E-state index in [0.29, 0.717) is 50.0 Å². The number of para-hydroxylation sites is 2. The zero-order valence-electron chi connectivity index (χ0n) is 23.6. The maximum Gasteiger partial charge on any atom is 0.320 e. The van der Waals surface area contributed by atoms with Gasteiger partial charge in [-0.15, -0.1) is 0 Å². The van der Waals surface area contributed by atoms with Crippen molar-refractivity contribution in [3.8, 4) is 11.5 Å². The second-order valence-electron chi connectivity index (χ2n) is 10.3. The summed E-state index contributed by atoms with van der Waals surface area (Å²) in [5, 5.41) is 9.92. The minimum Gasteiger partial charge on any atom is -0.489 e. The van der Waals surface area contributed by atoms with Crippen molar-refractivity contribution >= 4 is 17.6 Å². The van der Waals surface area contributed by atoms with Crippen molar-refractivity contribution in [1.82, 2.24) is 4.90 Å². The number of nitrogens with two attached hydrogens (primary N) is 1. The molecule has 4 rings (SSSR count). The Balaban J connectivity index is 1.54. The molecule has 0 bridgehead atoms. The standard InChI is InChI=1S/C34H37ClN2O4/c1-24-8-5-10-26(18-24)22-40-32-15-4-3-12-28(32)20-37(17-16-31(36)34(38)39)21-29-13-7-14-30(35)33(29)41-23-27-11-6-9-25(2)19-27/h3-15,18-19,31H,16-17,20-23,36H2,1-2H3,(H,38,39)/t31-/m0/s1. The van der Waals surface area contributed by atoms with E-state index in [9.17, 15) is 9.90 Å². The summed E-state index contributed by atoms with van der Waals surface area (Å²) in [5.41, 5.74) is 12.3. The Labute approximate surface area is 247 Å². The molecule has 214 valence electrons. The highest BCUT2D eigenvalue weighted by atomic mass is 35.5. The van der Waals surface area contributed by atoms with Gasteiger partial charge in [0.1, 0.15) is 30.8 Å². The molecule has 4 aromatic carbocycles. The van der Waals surface area contributed by atoms with Crippen LogP contribution >= 0.6 is 11.6 Å². The molecule has 0 amide bonds. The number of carbonyl (C=O) groups is 1. The second kappa shape index (κ2) is 14.7. The van der Waals surface area contributed by atoms with Crippen molar-refractivity contribution in [3.05, 3.63) is 129 Å². The highest BCUT2D eigenvalue weighted by molar-refractivity contribution is 6.32. The molecular weight excluding hydrogens is 536 g/mol. The fourth-order valence-corrected chi connectivity index (χ4v) is 4.92. The van der Waals surface area contributed by atoms with E-state index in [1.807, 2.05) is 79.7 Å². The SMILES string of the molecule is Cc1cccc(COc2ccccc2CN(CC[C@H](N)C(=O)O)Cc2cccc(Cl)c2OCc2cccc(C)c2)c1. The van der Waals surface area contributed by atoms with E-state index in [0.717, 1.165) is 33.6 Å². The van der Waals surface area contributed by atoms with E-state index >= 15 is 0 Å². The minimum absolute atomic E-state index is 0.293. The Morgan fingerprint density at radius 1 is 0.829 bits per heavy atom. The lowest BCUT2D eigenvalue weighted by molar-refractivity contribution is -0.138. The van der Waals surface area contributed by atoms with Crippen molar-refractivity contribution in [3.63, 3.8) is 0 Å². The number of aliphatic carboxylic acids is 1. The highest BCUT2D eigenvalue weighted by Gasteiger charge is 2.19. The molecular formula is C34H37ClN2O4. The number of nitrogens with zero attached hydrogens (tertiary/aromatic N) is 1. The van der Waals surface area contributed by atoms with Crippen molar-refractivity contribution < 1.29 is 19.4 Å². The monoisotopic (exact) mass is 572 g/mol. The van der Waals surface area contributed by atoms with Crippen LogP contribution in [0.25, 0.3) is 0 Å². The Hall–Kier alpha value is -3.84. The average molecular weight is 573 g/mol. The summed E-state index contributed by atoms with van der Waals surface area (Å²) in [6, 6.07) is 29.1. The van der Waals surface area contributed by atoms with Crippen LogP contribution in [0.5, 0.6) is 11.5 Å². The van der Waals surface area contributed by atoms with Gasteiger partial charge < -0.3 is 20.3 Å². The molecule has 1 atom stereocenters. The first-order valence-corrected chi connectivity index (χ1v) is 14.1. The van der Waals surface area contributed by atoms with Gasteiger partial charge >= 0.3 is 5.97 Å². The summed E-state index contributed by atoms with van der Waals surface area (Å²) in [6.07, 6.45) is 0.293. The molecule has 3 N–H and O–H groups in total. The van der Waals surface area contributed by atoms with Gasteiger partial charge in [0, 0.05) is 30.8 Å². The molecule has 7 heteroatoms. The van der Waals surface area contributed by atoms with Gasteiger partial charge in [-0.05, 0) is 43.5 Å². The zero-order chi connectivity index (χ0) is 29.2. The van der Waals surface area contributed by atoms with Crippen molar-refractivity contribution in [2.75, 3.05) is 6.54 Å². The molecule has 0 radical (unpaired) electrons. The fraction of sp³-hybridized carbons (Fsp3) is 0.265. The topological polar surface area (TPSA) is 85.0 Å². The molecule has 0 aliphatic carbocycles. The summed E-state index contributed by atoms with van der Waals surface area (Å²) in [7, 11) is 0. The van der Waals surface area contributed by atoms with Gasteiger partial charge in [0.25, 0.3) is 0 Å². The first-order valence-electron chi connectivity index (χ1n) is 13.7. The molecule has 0 unspecified atom stereocenters. The van der Waals surface area contributed by atoms with Gasteiger partial charge in [-0.3, -0.25) is 9.69 Å². The number of carboxylic acid groups (broad SMARTS) is 1. The fourth-order valence-electron chi connectivity index (χ4n) is 4.68. The summed E-state index contributed by atoms with van der Waals surface area (Å²) < 4.78 is 12.5. The van der Waals surface area contributed by atoms with Crippen LogP contribution in [0, 0.1) is 13.8 Å². The van der Waals surface area contributed by atoms with E-state index in [-0.39, 0.29) is 0 Å². The third kappa shape index (κ3) is 9.08. The number of rotatable bonds is 14. The Morgan fingerprint density at radius 2 is 1.41 bits per heavy atom. The lowest BCUT2D eigenvalue weighted by Crippen LogP contribution is -2.35. The number of benzene rings is 4. The first kappa shape index (κ1) is 30.1. The molecule has 0 spiro atoms. The molecule has 6 nitrogen and oxygen atoms in total. The van der Waals surface area contributed by atoms with Crippen LogP contribution in [-0.2, 0) is 31.1 Å². The smallest absolute Gasteiger partial charge is 0.320 e. The zero-order valence-corrected chi connectivity index (χ0v) is 24.3. The lowest BCUT2D eigenvalue weighted by Gasteiger charge is -2.26. The number of carboxylic acids is 1. The van der Waals surface area contributed by atoms with Crippen LogP contribution in [0.3, 0.4) is 0 Å².